The molecule has 0 saturated carbocycles. The Balaban J connectivity index is 2.10. The Bertz CT molecular complexity index is 332. The van der Waals surface area contributed by atoms with Crippen LogP contribution in [0.5, 0.6) is 0 Å². The number of piperidine rings is 1. The molecular weight excluding hydrogens is 191 g/mol. The van der Waals surface area contributed by atoms with Crippen molar-refractivity contribution < 1.29 is 4.39 Å². The largest absolute Gasteiger partial charge is 0.325 e. The van der Waals surface area contributed by atoms with Crippen LogP contribution in [0.15, 0.2) is 24.3 Å². The van der Waals surface area contributed by atoms with E-state index in [1.807, 2.05) is 12.1 Å². The molecule has 1 aliphatic heterocycles. The van der Waals surface area contributed by atoms with Crippen molar-refractivity contribution in [2.24, 2.45) is 5.73 Å². The maximum Gasteiger partial charge on any atom is 0.126 e. The SMILES string of the molecule is NC1(Cc2ccccc2F)CCNCC1. The Morgan fingerprint density at radius 1 is 1.27 bits per heavy atom. The summed E-state index contributed by atoms with van der Waals surface area (Å²) >= 11 is 0. The summed E-state index contributed by atoms with van der Waals surface area (Å²) in [6, 6.07) is 6.90. The highest BCUT2D eigenvalue weighted by Crippen LogP contribution is 2.22. The van der Waals surface area contributed by atoms with E-state index in [1.54, 1.807) is 6.07 Å². The van der Waals surface area contributed by atoms with Gasteiger partial charge < -0.3 is 11.1 Å². The van der Waals surface area contributed by atoms with Gasteiger partial charge in [0.1, 0.15) is 5.82 Å². The van der Waals surface area contributed by atoms with Gasteiger partial charge in [-0.25, -0.2) is 4.39 Å². The molecule has 1 heterocycles. The molecule has 0 bridgehead atoms. The first kappa shape index (κ1) is 10.6. The average molecular weight is 208 g/mol. The quantitative estimate of drug-likeness (QED) is 0.772. The van der Waals surface area contributed by atoms with E-state index in [4.69, 9.17) is 5.73 Å². The third-order valence-electron chi connectivity index (χ3n) is 3.10. The number of nitrogens with two attached hydrogens (primary N) is 1. The van der Waals surface area contributed by atoms with Gasteiger partial charge in [-0.1, -0.05) is 18.2 Å². The number of halogens is 1. The zero-order valence-electron chi connectivity index (χ0n) is 8.80. The van der Waals surface area contributed by atoms with Crippen molar-refractivity contribution >= 4 is 0 Å². The first-order valence-electron chi connectivity index (χ1n) is 5.43. The van der Waals surface area contributed by atoms with Crippen LogP contribution in [0.1, 0.15) is 18.4 Å². The van der Waals surface area contributed by atoms with Crippen molar-refractivity contribution in [1.29, 1.82) is 0 Å². The number of hydrogen-bond donors (Lipinski definition) is 2. The van der Waals surface area contributed by atoms with Gasteiger partial charge in [-0.15, -0.1) is 0 Å². The lowest BCUT2D eigenvalue weighted by molar-refractivity contribution is 0.305. The molecule has 1 fully saturated rings. The highest BCUT2D eigenvalue weighted by Gasteiger charge is 2.28. The van der Waals surface area contributed by atoms with Crippen molar-refractivity contribution in [2.75, 3.05) is 13.1 Å². The van der Waals surface area contributed by atoms with Gasteiger partial charge in [-0.2, -0.15) is 0 Å². The monoisotopic (exact) mass is 208 g/mol. The van der Waals surface area contributed by atoms with E-state index in [9.17, 15) is 4.39 Å². The van der Waals surface area contributed by atoms with E-state index in [0.29, 0.717) is 6.42 Å². The molecule has 3 heteroatoms. The lowest BCUT2D eigenvalue weighted by Crippen LogP contribution is -2.50. The summed E-state index contributed by atoms with van der Waals surface area (Å²) in [6.45, 7) is 1.87. The van der Waals surface area contributed by atoms with Crippen LogP contribution in [0.2, 0.25) is 0 Å². The molecule has 0 atom stereocenters. The van der Waals surface area contributed by atoms with Gasteiger partial charge in [-0.3, -0.25) is 0 Å². The fourth-order valence-corrected chi connectivity index (χ4v) is 2.12. The smallest absolute Gasteiger partial charge is 0.126 e. The molecule has 1 aliphatic rings. The maximum absolute atomic E-state index is 13.4. The van der Waals surface area contributed by atoms with Crippen LogP contribution in [-0.2, 0) is 6.42 Å². The zero-order chi connectivity index (χ0) is 10.7. The minimum Gasteiger partial charge on any atom is -0.325 e. The molecular formula is C12H17FN2. The first-order chi connectivity index (χ1) is 7.20. The minimum absolute atomic E-state index is 0.138. The van der Waals surface area contributed by atoms with E-state index >= 15 is 0 Å². The fourth-order valence-electron chi connectivity index (χ4n) is 2.12. The topological polar surface area (TPSA) is 38.0 Å². The van der Waals surface area contributed by atoms with E-state index in [1.165, 1.54) is 6.07 Å². The predicted molar refractivity (Wildman–Crippen MR) is 59.1 cm³/mol. The van der Waals surface area contributed by atoms with E-state index in [-0.39, 0.29) is 11.4 Å². The molecule has 0 aromatic heterocycles. The Labute approximate surface area is 89.7 Å². The van der Waals surface area contributed by atoms with Crippen LogP contribution in [-0.4, -0.2) is 18.6 Å². The molecule has 0 aliphatic carbocycles. The van der Waals surface area contributed by atoms with Crippen molar-refractivity contribution in [1.82, 2.24) is 5.32 Å². The Morgan fingerprint density at radius 3 is 2.60 bits per heavy atom. The summed E-state index contributed by atoms with van der Waals surface area (Å²) in [7, 11) is 0. The normalized spacial score (nSPS) is 20.1. The second-order valence-corrected chi connectivity index (χ2v) is 4.38. The third-order valence-corrected chi connectivity index (χ3v) is 3.10. The Hall–Kier alpha value is -0.930. The molecule has 0 unspecified atom stereocenters. The van der Waals surface area contributed by atoms with Crippen LogP contribution >= 0.6 is 0 Å². The Morgan fingerprint density at radius 2 is 1.93 bits per heavy atom. The maximum atomic E-state index is 13.4. The van der Waals surface area contributed by atoms with Gasteiger partial charge in [0.2, 0.25) is 0 Å². The lowest BCUT2D eigenvalue weighted by atomic mass is 9.83. The van der Waals surface area contributed by atoms with Gasteiger partial charge in [0.25, 0.3) is 0 Å². The van der Waals surface area contributed by atoms with Crippen molar-refractivity contribution in [2.45, 2.75) is 24.8 Å². The first-order valence-corrected chi connectivity index (χ1v) is 5.43. The molecule has 82 valence electrons. The summed E-state index contributed by atoms with van der Waals surface area (Å²) in [5, 5.41) is 3.27. The van der Waals surface area contributed by atoms with E-state index < -0.39 is 0 Å². The molecule has 1 aromatic carbocycles. The summed E-state index contributed by atoms with van der Waals surface area (Å²) in [5.41, 5.74) is 6.76. The fraction of sp³-hybridized carbons (Fsp3) is 0.500. The molecule has 2 nitrogen and oxygen atoms in total. The lowest BCUT2D eigenvalue weighted by Gasteiger charge is -2.34. The molecule has 1 aromatic rings. The van der Waals surface area contributed by atoms with Gasteiger partial charge in [0, 0.05) is 5.54 Å². The Kier molecular flexibility index (Phi) is 3.03. The number of benzene rings is 1. The molecule has 2 rings (SSSR count). The van der Waals surface area contributed by atoms with E-state index in [0.717, 1.165) is 31.5 Å². The van der Waals surface area contributed by atoms with Gasteiger partial charge in [0.15, 0.2) is 0 Å². The van der Waals surface area contributed by atoms with E-state index in [2.05, 4.69) is 5.32 Å². The standard InChI is InChI=1S/C12H17FN2/c13-11-4-2-1-3-10(11)9-12(14)5-7-15-8-6-12/h1-4,15H,5-9,14H2. The second-order valence-electron chi connectivity index (χ2n) is 4.38. The van der Waals surface area contributed by atoms with Crippen LogP contribution < -0.4 is 11.1 Å². The molecule has 1 saturated heterocycles. The molecule has 0 radical (unpaired) electrons. The molecule has 0 amide bonds. The summed E-state index contributed by atoms with van der Waals surface area (Å²) < 4.78 is 13.4. The predicted octanol–water partition coefficient (Wildman–Crippen LogP) is 1.45. The van der Waals surface area contributed by atoms with Crippen LogP contribution in [0.25, 0.3) is 0 Å². The van der Waals surface area contributed by atoms with Gasteiger partial charge in [-0.05, 0) is 44.0 Å². The number of nitrogens with one attached hydrogen (secondary N) is 1. The van der Waals surface area contributed by atoms with Crippen LogP contribution in [0, 0.1) is 5.82 Å². The van der Waals surface area contributed by atoms with Gasteiger partial charge in [0.05, 0.1) is 0 Å². The van der Waals surface area contributed by atoms with Gasteiger partial charge >= 0.3 is 0 Å². The zero-order valence-corrected chi connectivity index (χ0v) is 8.80. The van der Waals surface area contributed by atoms with Crippen LogP contribution in [0.4, 0.5) is 4.39 Å². The van der Waals surface area contributed by atoms with Crippen molar-refractivity contribution in [3.63, 3.8) is 0 Å². The molecule has 0 spiro atoms. The molecule has 3 N–H and O–H groups in total. The summed E-state index contributed by atoms with van der Waals surface area (Å²) in [6.07, 6.45) is 2.48. The van der Waals surface area contributed by atoms with Crippen LogP contribution in [0.3, 0.4) is 0 Å². The highest BCUT2D eigenvalue weighted by atomic mass is 19.1. The number of rotatable bonds is 2. The second kappa shape index (κ2) is 4.29. The average Bonchev–Trinajstić information content (AvgIpc) is 2.22. The highest BCUT2D eigenvalue weighted by molar-refractivity contribution is 5.20. The van der Waals surface area contributed by atoms with Crippen molar-refractivity contribution in [3.05, 3.63) is 35.6 Å². The third kappa shape index (κ3) is 2.55. The summed E-state index contributed by atoms with van der Waals surface area (Å²) in [4.78, 5) is 0. The van der Waals surface area contributed by atoms with Crippen molar-refractivity contribution in [3.8, 4) is 0 Å². The molecule has 15 heavy (non-hydrogen) atoms. The minimum atomic E-state index is -0.229. The number of hydrogen-bond acceptors (Lipinski definition) is 2. The summed E-state index contributed by atoms with van der Waals surface area (Å²) in [5.74, 6) is -0.138.